The summed E-state index contributed by atoms with van der Waals surface area (Å²) in [4.78, 5) is 27.7. The van der Waals surface area contributed by atoms with Crippen LogP contribution < -0.4 is 10.1 Å². The third-order valence-electron chi connectivity index (χ3n) is 4.97. The summed E-state index contributed by atoms with van der Waals surface area (Å²) in [5, 5.41) is 3.70. The van der Waals surface area contributed by atoms with Gasteiger partial charge in [-0.2, -0.15) is 0 Å². The van der Waals surface area contributed by atoms with E-state index in [0.29, 0.717) is 27.8 Å². The second kappa shape index (κ2) is 8.08. The van der Waals surface area contributed by atoms with Crippen LogP contribution in [0.2, 0.25) is 5.02 Å². The molecule has 1 N–H and O–H groups in total. The van der Waals surface area contributed by atoms with E-state index in [4.69, 9.17) is 20.8 Å². The summed E-state index contributed by atoms with van der Waals surface area (Å²) in [6, 6.07) is 15.8. The van der Waals surface area contributed by atoms with Crippen LogP contribution in [0.4, 0.5) is 5.69 Å². The number of furan rings is 1. The number of carbonyl (C=O) groups is 2. The lowest BCUT2D eigenvalue weighted by Gasteiger charge is -2.14. The quantitative estimate of drug-likeness (QED) is 0.586. The molecule has 152 valence electrons. The summed E-state index contributed by atoms with van der Waals surface area (Å²) in [6.45, 7) is 1.89. The number of nitrogens with zero attached hydrogens (tertiary/aromatic N) is 1. The lowest BCUT2D eigenvalue weighted by molar-refractivity contribution is -0.137. The molecule has 3 aromatic rings. The zero-order valence-corrected chi connectivity index (χ0v) is 17.2. The molecule has 0 saturated heterocycles. The SMILES string of the molecule is COc1ccc(C2=C(Nc3cccc(Cl)c3C)C(=O)N(Cc3ccco3)C2=O)cc1. The summed E-state index contributed by atoms with van der Waals surface area (Å²) in [7, 11) is 1.57. The molecule has 0 aliphatic carbocycles. The molecule has 2 aromatic carbocycles. The Morgan fingerprint density at radius 1 is 1.03 bits per heavy atom. The molecule has 0 bridgehead atoms. The monoisotopic (exact) mass is 422 g/mol. The van der Waals surface area contributed by atoms with Crippen LogP contribution in [-0.2, 0) is 16.1 Å². The van der Waals surface area contributed by atoms with E-state index in [-0.39, 0.29) is 17.8 Å². The number of ether oxygens (including phenoxy) is 1. The average molecular weight is 423 g/mol. The molecule has 1 aliphatic heterocycles. The van der Waals surface area contributed by atoms with Gasteiger partial charge in [-0.25, -0.2) is 0 Å². The van der Waals surface area contributed by atoms with Crippen molar-refractivity contribution in [2.75, 3.05) is 12.4 Å². The second-order valence-electron chi connectivity index (χ2n) is 6.79. The lowest BCUT2D eigenvalue weighted by atomic mass is 10.0. The van der Waals surface area contributed by atoms with E-state index < -0.39 is 11.8 Å². The lowest BCUT2D eigenvalue weighted by Crippen LogP contribution is -2.31. The largest absolute Gasteiger partial charge is 0.497 e. The van der Waals surface area contributed by atoms with Gasteiger partial charge >= 0.3 is 0 Å². The number of rotatable bonds is 6. The van der Waals surface area contributed by atoms with Crippen molar-refractivity contribution < 1.29 is 18.7 Å². The first-order valence-corrected chi connectivity index (χ1v) is 9.67. The van der Waals surface area contributed by atoms with E-state index in [1.807, 2.05) is 13.0 Å². The first kappa shape index (κ1) is 19.8. The summed E-state index contributed by atoms with van der Waals surface area (Å²) in [6.07, 6.45) is 1.51. The third kappa shape index (κ3) is 3.57. The number of benzene rings is 2. The zero-order valence-electron chi connectivity index (χ0n) is 16.4. The van der Waals surface area contributed by atoms with Gasteiger partial charge in [0.15, 0.2) is 0 Å². The van der Waals surface area contributed by atoms with Crippen molar-refractivity contribution in [1.82, 2.24) is 4.90 Å². The Kier molecular flexibility index (Phi) is 5.33. The molecule has 0 saturated carbocycles. The summed E-state index contributed by atoms with van der Waals surface area (Å²) in [5.41, 5.74) is 2.53. The van der Waals surface area contributed by atoms with E-state index in [0.717, 1.165) is 5.56 Å². The van der Waals surface area contributed by atoms with Gasteiger partial charge in [-0.1, -0.05) is 29.8 Å². The number of anilines is 1. The van der Waals surface area contributed by atoms with Crippen molar-refractivity contribution >= 4 is 34.7 Å². The highest BCUT2D eigenvalue weighted by Gasteiger charge is 2.39. The minimum atomic E-state index is -0.429. The molecule has 4 rings (SSSR count). The van der Waals surface area contributed by atoms with Crippen LogP contribution in [0.5, 0.6) is 5.75 Å². The summed E-state index contributed by atoms with van der Waals surface area (Å²) >= 11 is 6.23. The van der Waals surface area contributed by atoms with Crippen molar-refractivity contribution in [2.45, 2.75) is 13.5 Å². The number of hydrogen-bond donors (Lipinski definition) is 1. The highest BCUT2D eigenvalue weighted by molar-refractivity contribution is 6.36. The zero-order chi connectivity index (χ0) is 21.3. The number of imide groups is 1. The fourth-order valence-electron chi connectivity index (χ4n) is 3.30. The van der Waals surface area contributed by atoms with E-state index >= 15 is 0 Å². The normalized spacial score (nSPS) is 13.9. The van der Waals surface area contributed by atoms with Crippen LogP contribution in [0.15, 0.2) is 71.0 Å². The van der Waals surface area contributed by atoms with Crippen LogP contribution in [0, 0.1) is 6.92 Å². The van der Waals surface area contributed by atoms with Crippen LogP contribution in [0.25, 0.3) is 5.57 Å². The predicted octanol–water partition coefficient (Wildman–Crippen LogP) is 4.64. The number of methoxy groups -OCH3 is 1. The number of nitrogens with one attached hydrogen (secondary N) is 1. The highest BCUT2D eigenvalue weighted by atomic mass is 35.5. The second-order valence-corrected chi connectivity index (χ2v) is 7.20. The van der Waals surface area contributed by atoms with Crippen molar-refractivity contribution in [3.63, 3.8) is 0 Å². The molecule has 7 heteroatoms. The molecule has 1 aliphatic rings. The third-order valence-corrected chi connectivity index (χ3v) is 5.38. The molecule has 1 aromatic heterocycles. The van der Waals surface area contributed by atoms with Gasteiger partial charge in [-0.3, -0.25) is 14.5 Å². The van der Waals surface area contributed by atoms with E-state index in [2.05, 4.69) is 5.32 Å². The van der Waals surface area contributed by atoms with Crippen molar-refractivity contribution in [3.05, 3.63) is 88.5 Å². The fraction of sp³-hybridized carbons (Fsp3) is 0.130. The smallest absolute Gasteiger partial charge is 0.278 e. The highest BCUT2D eigenvalue weighted by Crippen LogP contribution is 2.34. The van der Waals surface area contributed by atoms with Crippen LogP contribution in [0.1, 0.15) is 16.9 Å². The van der Waals surface area contributed by atoms with Crippen LogP contribution >= 0.6 is 11.6 Å². The molecule has 2 amide bonds. The Hall–Kier alpha value is -3.51. The van der Waals surface area contributed by atoms with Gasteiger partial charge in [0.05, 0.1) is 25.5 Å². The topological polar surface area (TPSA) is 71.8 Å². The Balaban J connectivity index is 1.77. The Morgan fingerprint density at radius 3 is 2.47 bits per heavy atom. The van der Waals surface area contributed by atoms with E-state index in [1.54, 1.807) is 55.6 Å². The average Bonchev–Trinajstić information content (AvgIpc) is 3.34. The van der Waals surface area contributed by atoms with Gasteiger partial charge in [0.25, 0.3) is 11.8 Å². The van der Waals surface area contributed by atoms with Gasteiger partial charge in [0.1, 0.15) is 17.2 Å². The minimum absolute atomic E-state index is 0.0457. The van der Waals surface area contributed by atoms with Gasteiger partial charge in [-0.05, 0) is 54.4 Å². The number of hydrogen-bond acceptors (Lipinski definition) is 5. The fourth-order valence-corrected chi connectivity index (χ4v) is 3.47. The Bertz CT molecular complexity index is 1130. The van der Waals surface area contributed by atoms with Crippen molar-refractivity contribution in [2.24, 2.45) is 0 Å². The van der Waals surface area contributed by atoms with Gasteiger partial charge in [0, 0.05) is 10.7 Å². The first-order valence-electron chi connectivity index (χ1n) is 9.29. The first-order chi connectivity index (χ1) is 14.5. The molecule has 30 heavy (non-hydrogen) atoms. The molecule has 2 heterocycles. The summed E-state index contributed by atoms with van der Waals surface area (Å²) < 4.78 is 10.5. The maximum absolute atomic E-state index is 13.3. The molecule has 0 spiro atoms. The van der Waals surface area contributed by atoms with Gasteiger partial charge < -0.3 is 14.5 Å². The van der Waals surface area contributed by atoms with Crippen LogP contribution in [0.3, 0.4) is 0 Å². The molecule has 6 nitrogen and oxygen atoms in total. The number of halogens is 1. The maximum Gasteiger partial charge on any atom is 0.278 e. The standard InChI is InChI=1S/C23H19ClN2O4/c1-14-18(24)6-3-7-19(14)25-21-20(15-8-10-16(29-2)11-9-15)22(27)26(23(21)28)13-17-5-4-12-30-17/h3-12,25H,13H2,1-2H3. The molecule has 0 atom stereocenters. The van der Waals surface area contributed by atoms with Crippen molar-refractivity contribution in [1.29, 1.82) is 0 Å². The van der Waals surface area contributed by atoms with E-state index in [9.17, 15) is 9.59 Å². The van der Waals surface area contributed by atoms with E-state index in [1.165, 1.54) is 11.2 Å². The Labute approximate surface area is 178 Å². The molecule has 0 radical (unpaired) electrons. The molecule has 0 unspecified atom stereocenters. The molecular formula is C23H19ClN2O4. The number of amides is 2. The number of carbonyl (C=O) groups excluding carboxylic acids is 2. The minimum Gasteiger partial charge on any atom is -0.497 e. The van der Waals surface area contributed by atoms with Crippen molar-refractivity contribution in [3.8, 4) is 5.75 Å². The van der Waals surface area contributed by atoms with Crippen LogP contribution in [-0.4, -0.2) is 23.8 Å². The predicted molar refractivity (Wildman–Crippen MR) is 114 cm³/mol. The molecule has 0 fully saturated rings. The van der Waals surface area contributed by atoms with Gasteiger partial charge in [-0.15, -0.1) is 0 Å². The summed E-state index contributed by atoms with van der Waals surface area (Å²) in [5.74, 6) is 0.347. The maximum atomic E-state index is 13.3. The molecular weight excluding hydrogens is 404 g/mol. The van der Waals surface area contributed by atoms with Gasteiger partial charge in [0.2, 0.25) is 0 Å². The Morgan fingerprint density at radius 2 is 1.80 bits per heavy atom.